The summed E-state index contributed by atoms with van der Waals surface area (Å²) < 4.78 is 17.8. The van der Waals surface area contributed by atoms with Gasteiger partial charge in [0.25, 0.3) is 5.91 Å². The molecule has 0 aliphatic rings. The van der Waals surface area contributed by atoms with Crippen LogP contribution in [0.15, 0.2) is 79.1 Å². The van der Waals surface area contributed by atoms with Gasteiger partial charge in [0.05, 0.1) is 19.9 Å². The molecule has 0 bridgehead atoms. The van der Waals surface area contributed by atoms with Gasteiger partial charge in [0.15, 0.2) is 18.1 Å². The maximum atomic E-state index is 12.5. The van der Waals surface area contributed by atoms with Crippen LogP contribution in [-0.2, 0) is 4.79 Å². The van der Waals surface area contributed by atoms with E-state index in [1.54, 1.807) is 55.4 Å². The summed E-state index contributed by atoms with van der Waals surface area (Å²) in [5.74, 6) is 1.89. The van der Waals surface area contributed by atoms with Crippen LogP contribution in [0.25, 0.3) is 28.3 Å². The number of nitrogens with one attached hydrogen (secondary N) is 1. The lowest BCUT2D eigenvalue weighted by molar-refractivity contribution is -0.118. The number of nitrogens with zero attached hydrogens (tertiary/aromatic N) is 5. The van der Waals surface area contributed by atoms with Crippen molar-refractivity contribution in [2.75, 3.05) is 26.1 Å². The van der Waals surface area contributed by atoms with Gasteiger partial charge in [-0.25, -0.2) is 0 Å². The number of hydrogen-bond acceptors (Lipinski definition) is 8. The van der Waals surface area contributed by atoms with Gasteiger partial charge in [-0.3, -0.25) is 9.78 Å². The van der Waals surface area contributed by atoms with Gasteiger partial charge in [-0.05, 0) is 36.4 Å². The number of pyridine rings is 1. The number of carbonyl (C=O) groups is 1. The molecule has 0 radical (unpaired) electrons. The van der Waals surface area contributed by atoms with E-state index < -0.39 is 0 Å². The van der Waals surface area contributed by atoms with E-state index in [0.717, 1.165) is 11.1 Å². The van der Waals surface area contributed by atoms with E-state index in [2.05, 4.69) is 20.5 Å². The predicted molar refractivity (Wildman–Crippen MR) is 133 cm³/mol. The maximum absolute atomic E-state index is 12.5. The van der Waals surface area contributed by atoms with Crippen molar-refractivity contribution in [3.05, 3.63) is 79.1 Å². The first-order valence-corrected chi connectivity index (χ1v) is 11.0. The van der Waals surface area contributed by atoms with Crippen molar-refractivity contribution in [3.8, 4) is 39.9 Å². The summed E-state index contributed by atoms with van der Waals surface area (Å²) in [7, 11) is 3.10. The third kappa shape index (κ3) is 4.92. The van der Waals surface area contributed by atoms with Gasteiger partial charge in [0.2, 0.25) is 0 Å². The Morgan fingerprint density at radius 3 is 2.42 bits per heavy atom. The van der Waals surface area contributed by atoms with Crippen LogP contribution >= 0.6 is 0 Å². The van der Waals surface area contributed by atoms with Gasteiger partial charge in [-0.15, -0.1) is 10.2 Å². The van der Waals surface area contributed by atoms with Crippen LogP contribution in [0.2, 0.25) is 0 Å². The number of fused-ring (bicyclic) bond motifs is 1. The van der Waals surface area contributed by atoms with Gasteiger partial charge in [-0.2, -0.15) is 9.61 Å². The Morgan fingerprint density at radius 1 is 0.889 bits per heavy atom. The summed E-state index contributed by atoms with van der Waals surface area (Å²) in [5, 5.41) is 16.0. The SMILES string of the molecule is COc1cc(OC)cc(OCC(=O)Nc2cccc(-c3ccc4nnc(-c5cccnc5)n4n3)c2)c1. The number of benzene rings is 2. The third-order valence-corrected chi connectivity index (χ3v) is 5.32. The fourth-order valence-corrected chi connectivity index (χ4v) is 3.58. The summed E-state index contributed by atoms with van der Waals surface area (Å²) in [4.78, 5) is 16.7. The van der Waals surface area contributed by atoms with Gasteiger partial charge in [0.1, 0.15) is 17.2 Å². The molecule has 0 saturated heterocycles. The molecule has 1 amide bonds. The Labute approximate surface area is 206 Å². The number of aromatic nitrogens is 5. The molecule has 2 aromatic carbocycles. The number of anilines is 1. The fraction of sp³-hybridized carbons (Fsp3) is 0.115. The van der Waals surface area contributed by atoms with E-state index in [9.17, 15) is 4.79 Å². The topological polar surface area (TPSA) is 113 Å². The molecule has 180 valence electrons. The Hall–Kier alpha value is -4.99. The van der Waals surface area contributed by atoms with E-state index in [-0.39, 0.29) is 12.5 Å². The average molecular weight is 483 g/mol. The van der Waals surface area contributed by atoms with Crippen molar-refractivity contribution in [3.63, 3.8) is 0 Å². The quantitative estimate of drug-likeness (QED) is 0.355. The standard InChI is InChI=1S/C26H22N6O4/c1-34-20-12-21(35-2)14-22(13-20)36-16-25(33)28-19-7-3-5-17(11-19)23-8-9-24-29-30-26(32(24)31-23)18-6-4-10-27-15-18/h3-15H,16H2,1-2H3,(H,28,33). The van der Waals surface area contributed by atoms with Crippen molar-refractivity contribution in [2.24, 2.45) is 0 Å². The Bertz CT molecular complexity index is 1500. The number of amides is 1. The van der Waals surface area contributed by atoms with Gasteiger partial charge in [0, 0.05) is 47.4 Å². The largest absolute Gasteiger partial charge is 0.496 e. The lowest BCUT2D eigenvalue weighted by atomic mass is 10.1. The molecule has 0 saturated carbocycles. The summed E-state index contributed by atoms with van der Waals surface area (Å²) in [6.07, 6.45) is 3.41. The minimum absolute atomic E-state index is 0.181. The Balaban J connectivity index is 1.32. The molecular weight excluding hydrogens is 460 g/mol. The second kappa shape index (κ2) is 10.1. The average Bonchev–Trinajstić information content (AvgIpc) is 3.35. The zero-order chi connectivity index (χ0) is 24.9. The second-order valence-corrected chi connectivity index (χ2v) is 7.72. The third-order valence-electron chi connectivity index (χ3n) is 5.32. The molecule has 5 rings (SSSR count). The molecule has 0 aliphatic carbocycles. The van der Waals surface area contributed by atoms with Crippen LogP contribution in [-0.4, -0.2) is 51.5 Å². The molecule has 10 nitrogen and oxygen atoms in total. The van der Waals surface area contributed by atoms with Gasteiger partial charge >= 0.3 is 0 Å². The molecule has 1 N–H and O–H groups in total. The number of ether oxygens (including phenoxy) is 3. The van der Waals surface area contributed by atoms with Gasteiger partial charge < -0.3 is 19.5 Å². The molecule has 0 spiro atoms. The van der Waals surface area contributed by atoms with E-state index in [4.69, 9.17) is 19.3 Å². The van der Waals surface area contributed by atoms with E-state index in [1.807, 2.05) is 42.5 Å². The highest BCUT2D eigenvalue weighted by Crippen LogP contribution is 2.27. The van der Waals surface area contributed by atoms with Crippen molar-refractivity contribution in [1.29, 1.82) is 0 Å². The van der Waals surface area contributed by atoms with Crippen LogP contribution in [0.5, 0.6) is 17.2 Å². The number of hydrogen-bond donors (Lipinski definition) is 1. The maximum Gasteiger partial charge on any atom is 0.262 e. The molecule has 3 aromatic heterocycles. The normalized spacial score (nSPS) is 10.7. The van der Waals surface area contributed by atoms with Crippen LogP contribution in [0.1, 0.15) is 0 Å². The highest BCUT2D eigenvalue weighted by Gasteiger charge is 2.12. The van der Waals surface area contributed by atoms with E-state index in [0.29, 0.717) is 40.1 Å². The highest BCUT2D eigenvalue weighted by atomic mass is 16.5. The van der Waals surface area contributed by atoms with E-state index in [1.165, 1.54) is 0 Å². The smallest absolute Gasteiger partial charge is 0.262 e. The molecular formula is C26H22N6O4. The molecule has 0 aliphatic heterocycles. The first kappa shape index (κ1) is 22.8. The minimum Gasteiger partial charge on any atom is -0.496 e. The molecule has 0 fully saturated rings. The van der Waals surface area contributed by atoms with Crippen molar-refractivity contribution in [2.45, 2.75) is 0 Å². The van der Waals surface area contributed by atoms with Crippen molar-refractivity contribution in [1.82, 2.24) is 24.8 Å². The lowest BCUT2D eigenvalue weighted by Crippen LogP contribution is -2.20. The minimum atomic E-state index is -0.310. The fourth-order valence-electron chi connectivity index (χ4n) is 3.58. The second-order valence-electron chi connectivity index (χ2n) is 7.72. The predicted octanol–water partition coefficient (Wildman–Crippen LogP) is 3.89. The van der Waals surface area contributed by atoms with Crippen LogP contribution in [0, 0.1) is 0 Å². The molecule has 36 heavy (non-hydrogen) atoms. The number of methoxy groups -OCH3 is 2. The Morgan fingerprint density at radius 2 is 1.67 bits per heavy atom. The summed E-state index contributed by atoms with van der Waals surface area (Å²) in [6.45, 7) is -0.181. The molecule has 3 heterocycles. The monoisotopic (exact) mass is 482 g/mol. The van der Waals surface area contributed by atoms with Crippen LogP contribution in [0.3, 0.4) is 0 Å². The summed E-state index contributed by atoms with van der Waals surface area (Å²) in [5.41, 5.74) is 3.56. The van der Waals surface area contributed by atoms with Crippen LogP contribution in [0.4, 0.5) is 5.69 Å². The van der Waals surface area contributed by atoms with Crippen molar-refractivity contribution < 1.29 is 19.0 Å². The summed E-state index contributed by atoms with van der Waals surface area (Å²) >= 11 is 0. The number of carbonyl (C=O) groups excluding carboxylic acids is 1. The van der Waals surface area contributed by atoms with Crippen LogP contribution < -0.4 is 19.5 Å². The first-order valence-electron chi connectivity index (χ1n) is 11.0. The van der Waals surface area contributed by atoms with Gasteiger partial charge in [-0.1, -0.05) is 12.1 Å². The highest BCUT2D eigenvalue weighted by molar-refractivity contribution is 5.92. The number of rotatable bonds is 8. The lowest BCUT2D eigenvalue weighted by Gasteiger charge is -2.11. The molecule has 0 atom stereocenters. The Kier molecular flexibility index (Phi) is 6.39. The zero-order valence-corrected chi connectivity index (χ0v) is 19.6. The molecule has 5 aromatic rings. The summed E-state index contributed by atoms with van der Waals surface area (Å²) in [6, 6.07) is 19.9. The first-order chi connectivity index (χ1) is 17.6. The zero-order valence-electron chi connectivity index (χ0n) is 19.6. The van der Waals surface area contributed by atoms with E-state index >= 15 is 0 Å². The van der Waals surface area contributed by atoms with Crippen molar-refractivity contribution >= 4 is 17.2 Å². The molecule has 0 unspecified atom stereocenters. The molecule has 10 heteroatoms.